The van der Waals surface area contributed by atoms with Gasteiger partial charge in [-0.25, -0.2) is 9.46 Å². The summed E-state index contributed by atoms with van der Waals surface area (Å²) in [6.07, 6.45) is -0.0940. The van der Waals surface area contributed by atoms with Gasteiger partial charge in [-0.1, -0.05) is 6.92 Å². The number of hydrogen-bond acceptors (Lipinski definition) is 10. The summed E-state index contributed by atoms with van der Waals surface area (Å²) in [4.78, 5) is 28.2. The molecule has 1 saturated heterocycles. The van der Waals surface area contributed by atoms with Crippen molar-refractivity contribution < 1.29 is 28.1 Å². The zero-order valence-electron chi connectivity index (χ0n) is 22.7. The van der Waals surface area contributed by atoms with Gasteiger partial charge in [0.1, 0.15) is 18.0 Å². The highest BCUT2D eigenvalue weighted by atomic mass is 31.2. The zero-order valence-corrected chi connectivity index (χ0v) is 23.6. The quantitative estimate of drug-likeness (QED) is 0.260. The molecular weight excluding hydrogens is 501 g/mol. The minimum Gasteiger partial charge on any atom is -0.382 e. The lowest BCUT2D eigenvalue weighted by Crippen LogP contribution is -2.41. The lowest BCUT2D eigenvalue weighted by Gasteiger charge is -2.38. The highest BCUT2D eigenvalue weighted by Crippen LogP contribution is 2.50. The second-order valence-corrected chi connectivity index (χ2v) is 10.5. The van der Waals surface area contributed by atoms with Crippen molar-refractivity contribution in [2.24, 2.45) is 0 Å². The van der Waals surface area contributed by atoms with Gasteiger partial charge in [-0.05, 0) is 40.2 Å². The molecule has 1 aliphatic heterocycles. The van der Waals surface area contributed by atoms with E-state index in [9.17, 15) is 9.59 Å². The minimum absolute atomic E-state index is 0.118. The van der Waals surface area contributed by atoms with Crippen LogP contribution in [0, 0.1) is 11.3 Å². The summed E-state index contributed by atoms with van der Waals surface area (Å²) in [5.41, 5.74) is -0.592. The van der Waals surface area contributed by atoms with E-state index >= 15 is 0 Å². The number of anilines is 1. The largest absolute Gasteiger partial charge is 0.382 e. The second kappa shape index (κ2) is 15.4. The van der Waals surface area contributed by atoms with Crippen molar-refractivity contribution in [2.75, 3.05) is 32.2 Å². The van der Waals surface area contributed by atoms with Crippen LogP contribution in [0.2, 0.25) is 0 Å². The third-order valence-electron chi connectivity index (χ3n) is 5.57. The van der Waals surface area contributed by atoms with Gasteiger partial charge in [0.05, 0.1) is 38.4 Å². The lowest BCUT2D eigenvalue weighted by atomic mass is 10.1. The molecule has 0 bridgehead atoms. The summed E-state index contributed by atoms with van der Waals surface area (Å²) in [5, 5.41) is 11.5. The Balaban J connectivity index is 2.43. The molecule has 5 atom stereocenters. The van der Waals surface area contributed by atoms with Gasteiger partial charge in [-0.2, -0.15) is 10.2 Å². The van der Waals surface area contributed by atoms with Crippen molar-refractivity contribution in [2.45, 2.75) is 91.0 Å². The second-order valence-electron chi connectivity index (χ2n) is 9.10. The molecular formula is C24H40N5O7P. The first-order valence-electron chi connectivity index (χ1n) is 12.5. The molecule has 208 valence electrons. The minimum atomic E-state index is -1.57. The number of carbonyl (C=O) groups excluding carboxylic acids is 1. The number of nitrogens with zero attached hydrogens (tertiary/aromatic N) is 4. The molecule has 37 heavy (non-hydrogen) atoms. The molecule has 0 spiro atoms. The Morgan fingerprint density at radius 3 is 2.51 bits per heavy atom. The summed E-state index contributed by atoms with van der Waals surface area (Å²) in [7, 11) is 0.00533. The van der Waals surface area contributed by atoms with Gasteiger partial charge in [0, 0.05) is 32.3 Å². The Bertz CT molecular complexity index is 946. The van der Waals surface area contributed by atoms with Gasteiger partial charge >= 0.3 is 5.69 Å². The van der Waals surface area contributed by atoms with Crippen molar-refractivity contribution in [1.82, 2.24) is 14.2 Å². The molecule has 1 fully saturated rings. The number of nitrogens with one attached hydrogen (secondary N) is 1. The normalized spacial score (nSPS) is 22.5. The summed E-state index contributed by atoms with van der Waals surface area (Å²) >= 11 is 0. The summed E-state index contributed by atoms with van der Waals surface area (Å²) in [5.74, 6) is -0.172. The molecule has 1 aromatic rings. The van der Waals surface area contributed by atoms with Gasteiger partial charge in [0.2, 0.25) is 5.91 Å². The number of ether oxygens (including phenoxy) is 3. The van der Waals surface area contributed by atoms with Crippen molar-refractivity contribution in [3.8, 4) is 6.07 Å². The summed E-state index contributed by atoms with van der Waals surface area (Å²) in [6.45, 7) is 12.4. The van der Waals surface area contributed by atoms with Crippen LogP contribution in [0.3, 0.4) is 0 Å². The van der Waals surface area contributed by atoms with E-state index in [0.717, 1.165) is 0 Å². The average Bonchev–Trinajstić information content (AvgIpc) is 3.15. The molecule has 2 heterocycles. The van der Waals surface area contributed by atoms with Crippen molar-refractivity contribution in [3.05, 3.63) is 22.7 Å². The van der Waals surface area contributed by atoms with Crippen LogP contribution in [0.1, 0.15) is 60.6 Å². The standard InChI is InChI=1S/C24H40N5O7P/c1-8-19-21(36-37(34-13-9-11-25)29(16(2)3)17(4)5)22(33-15-14-32-7)23(35-19)28-12-10-20(26-18(6)30)27-24(28)31/h10,12,16-17,19,21-23H,8-9,13-15H2,1-7H3,(H,26,27,30,31). The maximum Gasteiger partial charge on any atom is 0.351 e. The third kappa shape index (κ3) is 8.79. The van der Waals surface area contributed by atoms with Crippen LogP contribution in [-0.4, -0.2) is 77.5 Å². The molecule has 0 aliphatic carbocycles. The molecule has 0 aromatic carbocycles. The molecule has 0 saturated carbocycles. The van der Waals surface area contributed by atoms with E-state index in [-0.39, 0.29) is 43.4 Å². The number of nitriles is 1. The van der Waals surface area contributed by atoms with E-state index < -0.39 is 38.8 Å². The number of aromatic nitrogens is 2. The Morgan fingerprint density at radius 1 is 1.27 bits per heavy atom. The maximum atomic E-state index is 12.9. The van der Waals surface area contributed by atoms with Crippen molar-refractivity contribution >= 4 is 20.3 Å². The first kappa shape index (κ1) is 31.2. The number of methoxy groups -OCH3 is 1. The van der Waals surface area contributed by atoms with E-state index in [2.05, 4.69) is 48.7 Å². The fraction of sp³-hybridized carbons (Fsp3) is 0.750. The Hall–Kier alpha value is -1.97. The smallest absolute Gasteiger partial charge is 0.351 e. The molecule has 12 nitrogen and oxygen atoms in total. The van der Waals surface area contributed by atoms with E-state index in [1.807, 2.05) is 6.92 Å². The number of amides is 1. The fourth-order valence-corrected chi connectivity index (χ4v) is 5.86. The Kier molecular flexibility index (Phi) is 13.0. The maximum absolute atomic E-state index is 12.9. The first-order chi connectivity index (χ1) is 17.6. The van der Waals surface area contributed by atoms with E-state index in [1.165, 1.54) is 23.8 Å². The molecule has 0 radical (unpaired) electrons. The Morgan fingerprint density at radius 2 is 1.97 bits per heavy atom. The highest BCUT2D eigenvalue weighted by Gasteiger charge is 2.49. The molecule has 2 rings (SSSR count). The highest BCUT2D eigenvalue weighted by molar-refractivity contribution is 7.44. The summed E-state index contributed by atoms with van der Waals surface area (Å²) < 4.78 is 33.9. The molecule has 1 aliphatic rings. The van der Waals surface area contributed by atoms with Crippen LogP contribution in [0.5, 0.6) is 0 Å². The van der Waals surface area contributed by atoms with E-state index in [1.54, 1.807) is 7.11 Å². The van der Waals surface area contributed by atoms with Crippen molar-refractivity contribution in [1.29, 1.82) is 5.26 Å². The predicted octanol–water partition coefficient (Wildman–Crippen LogP) is 3.20. The van der Waals surface area contributed by atoms with Crippen LogP contribution in [0.15, 0.2) is 17.1 Å². The van der Waals surface area contributed by atoms with Crippen molar-refractivity contribution in [3.63, 3.8) is 0 Å². The molecule has 13 heteroatoms. The number of carbonyl (C=O) groups is 1. The summed E-state index contributed by atoms with van der Waals surface area (Å²) in [6, 6.07) is 3.87. The molecule has 1 aromatic heterocycles. The zero-order chi connectivity index (χ0) is 27.5. The van der Waals surface area contributed by atoms with Crippen LogP contribution in [0.4, 0.5) is 5.82 Å². The van der Waals surface area contributed by atoms with Gasteiger partial charge in [0.15, 0.2) is 6.23 Å². The van der Waals surface area contributed by atoms with Crippen LogP contribution < -0.4 is 11.0 Å². The van der Waals surface area contributed by atoms with Crippen LogP contribution >= 0.6 is 8.53 Å². The third-order valence-corrected chi connectivity index (χ3v) is 7.70. The molecule has 5 unspecified atom stereocenters. The Labute approximate surface area is 220 Å². The van der Waals surface area contributed by atoms with Gasteiger partial charge in [-0.15, -0.1) is 0 Å². The molecule has 1 amide bonds. The van der Waals surface area contributed by atoms with Crippen LogP contribution in [-0.2, 0) is 28.1 Å². The van der Waals surface area contributed by atoms with Gasteiger partial charge < -0.3 is 28.6 Å². The first-order valence-corrected chi connectivity index (χ1v) is 13.6. The SMILES string of the molecule is CCC1OC(n2ccc(NC(C)=O)nc2=O)C(OCCOC)C1OP(OCCC#N)N(C(C)C)C(C)C. The van der Waals surface area contributed by atoms with Crippen LogP contribution in [0.25, 0.3) is 0 Å². The lowest BCUT2D eigenvalue weighted by molar-refractivity contribution is -0.114. The monoisotopic (exact) mass is 541 g/mol. The average molecular weight is 542 g/mol. The van der Waals surface area contributed by atoms with Gasteiger partial charge in [-0.3, -0.25) is 9.36 Å². The van der Waals surface area contributed by atoms with Gasteiger partial charge in [0.25, 0.3) is 8.53 Å². The molecule has 1 N–H and O–H groups in total. The topological polar surface area (TPSA) is 137 Å². The number of hydrogen-bond donors (Lipinski definition) is 1. The fourth-order valence-electron chi connectivity index (χ4n) is 4.09. The predicted molar refractivity (Wildman–Crippen MR) is 139 cm³/mol. The number of rotatable bonds is 15. The van der Waals surface area contributed by atoms with E-state index in [0.29, 0.717) is 13.0 Å². The van der Waals surface area contributed by atoms with E-state index in [4.69, 9.17) is 28.5 Å².